The zero-order valence-electron chi connectivity index (χ0n) is 10.2. The average Bonchev–Trinajstić information content (AvgIpc) is 2.79. The van der Waals surface area contributed by atoms with E-state index >= 15 is 0 Å². The second-order valence-electron chi connectivity index (χ2n) is 2.98. The van der Waals surface area contributed by atoms with Crippen LogP contribution in [-0.2, 0) is 0 Å². The van der Waals surface area contributed by atoms with Crippen LogP contribution >= 0.6 is 11.3 Å². The molecule has 0 bridgehead atoms. The summed E-state index contributed by atoms with van der Waals surface area (Å²) < 4.78 is 5.09. The summed E-state index contributed by atoms with van der Waals surface area (Å²) in [6.45, 7) is 6.01. The van der Waals surface area contributed by atoms with Gasteiger partial charge in [0.1, 0.15) is 5.75 Å². The number of hydrogen-bond donors (Lipinski definition) is 0. The van der Waals surface area contributed by atoms with Crippen molar-refractivity contribution < 1.29 is 4.74 Å². The Morgan fingerprint density at radius 2 is 1.75 bits per heavy atom. The van der Waals surface area contributed by atoms with Crippen molar-refractivity contribution in [2.45, 2.75) is 20.8 Å². The van der Waals surface area contributed by atoms with E-state index < -0.39 is 0 Å². The molecule has 0 amide bonds. The zero-order valence-corrected chi connectivity index (χ0v) is 11.0. The smallest absolute Gasteiger partial charge is 0.118 e. The highest BCUT2D eigenvalue weighted by atomic mass is 32.1. The maximum absolute atomic E-state index is 5.09. The molecule has 0 N–H and O–H groups in total. The van der Waals surface area contributed by atoms with Gasteiger partial charge in [0.2, 0.25) is 0 Å². The maximum Gasteiger partial charge on any atom is 0.118 e. The van der Waals surface area contributed by atoms with Crippen molar-refractivity contribution in [3.8, 4) is 17.0 Å². The second-order valence-corrected chi connectivity index (χ2v) is 4.04. The molecule has 0 fully saturated rings. The Bertz CT molecular complexity index is 420. The maximum atomic E-state index is 5.09. The van der Waals surface area contributed by atoms with Crippen molar-refractivity contribution in [1.82, 2.24) is 4.98 Å². The van der Waals surface area contributed by atoms with E-state index in [1.165, 1.54) is 0 Å². The monoisotopic (exact) mass is 235 g/mol. The molecular formula is C13H17NOS. The van der Waals surface area contributed by atoms with Crippen LogP contribution in [0, 0.1) is 6.92 Å². The molecule has 0 spiro atoms. The standard InChI is InChI=1S/C11H11NOS.C2H6/c1-8-12-11(7-14-8)9-3-5-10(13-2)6-4-9;1-2/h3-7H,1-2H3;1-2H3. The molecule has 86 valence electrons. The quantitative estimate of drug-likeness (QED) is 0.780. The first-order valence-corrected chi connectivity index (χ1v) is 6.24. The fourth-order valence-corrected chi connectivity index (χ4v) is 1.88. The first-order valence-electron chi connectivity index (χ1n) is 5.36. The van der Waals surface area contributed by atoms with Crippen LogP contribution in [0.2, 0.25) is 0 Å². The molecular weight excluding hydrogens is 218 g/mol. The highest BCUT2D eigenvalue weighted by Crippen LogP contribution is 2.23. The van der Waals surface area contributed by atoms with Crippen molar-refractivity contribution in [1.29, 1.82) is 0 Å². The van der Waals surface area contributed by atoms with Gasteiger partial charge in [-0.05, 0) is 31.2 Å². The number of methoxy groups -OCH3 is 1. The molecule has 0 aliphatic rings. The number of nitrogens with zero attached hydrogens (tertiary/aromatic N) is 1. The Balaban J connectivity index is 0.000000606. The van der Waals surface area contributed by atoms with Gasteiger partial charge in [0.15, 0.2) is 0 Å². The number of ether oxygens (including phenoxy) is 1. The van der Waals surface area contributed by atoms with E-state index in [2.05, 4.69) is 10.4 Å². The summed E-state index contributed by atoms with van der Waals surface area (Å²) in [5.74, 6) is 0.876. The normalized spacial score (nSPS) is 9.25. The molecule has 1 aromatic heterocycles. The summed E-state index contributed by atoms with van der Waals surface area (Å²) in [5, 5.41) is 3.16. The van der Waals surface area contributed by atoms with Gasteiger partial charge in [-0.25, -0.2) is 4.98 Å². The number of rotatable bonds is 2. The van der Waals surface area contributed by atoms with Crippen LogP contribution < -0.4 is 4.74 Å². The SMILES string of the molecule is CC.COc1ccc(-c2csc(C)n2)cc1. The van der Waals surface area contributed by atoms with Crippen LogP contribution in [0.15, 0.2) is 29.6 Å². The van der Waals surface area contributed by atoms with E-state index in [0.29, 0.717) is 0 Å². The summed E-state index contributed by atoms with van der Waals surface area (Å²) in [7, 11) is 1.67. The number of aromatic nitrogens is 1. The molecule has 0 unspecified atom stereocenters. The molecule has 2 nitrogen and oxygen atoms in total. The van der Waals surface area contributed by atoms with Crippen LogP contribution in [0.4, 0.5) is 0 Å². The third-order valence-corrected chi connectivity index (χ3v) is 2.78. The van der Waals surface area contributed by atoms with E-state index in [-0.39, 0.29) is 0 Å². The lowest BCUT2D eigenvalue weighted by Crippen LogP contribution is -1.82. The van der Waals surface area contributed by atoms with E-state index in [1.54, 1.807) is 18.4 Å². The fraction of sp³-hybridized carbons (Fsp3) is 0.308. The first-order chi connectivity index (χ1) is 7.79. The van der Waals surface area contributed by atoms with Gasteiger partial charge < -0.3 is 4.74 Å². The van der Waals surface area contributed by atoms with Gasteiger partial charge >= 0.3 is 0 Å². The van der Waals surface area contributed by atoms with Gasteiger partial charge in [0, 0.05) is 10.9 Å². The predicted octanol–water partition coefficient (Wildman–Crippen LogP) is 4.15. The first kappa shape index (κ1) is 12.7. The summed E-state index contributed by atoms with van der Waals surface area (Å²) in [4.78, 5) is 4.41. The minimum Gasteiger partial charge on any atom is -0.497 e. The minimum atomic E-state index is 0.876. The molecule has 0 saturated heterocycles. The highest BCUT2D eigenvalue weighted by Gasteiger charge is 2.01. The summed E-state index contributed by atoms with van der Waals surface area (Å²) in [5.41, 5.74) is 2.17. The third-order valence-electron chi connectivity index (χ3n) is 2.00. The Morgan fingerprint density at radius 1 is 1.12 bits per heavy atom. The molecule has 16 heavy (non-hydrogen) atoms. The largest absolute Gasteiger partial charge is 0.497 e. The Hall–Kier alpha value is -1.35. The third kappa shape index (κ3) is 3.07. The van der Waals surface area contributed by atoms with E-state index in [0.717, 1.165) is 22.0 Å². The van der Waals surface area contributed by atoms with Gasteiger partial charge in [0.05, 0.1) is 17.8 Å². The molecule has 1 aromatic carbocycles. The van der Waals surface area contributed by atoms with Gasteiger partial charge in [0.25, 0.3) is 0 Å². The van der Waals surface area contributed by atoms with Gasteiger partial charge in [-0.3, -0.25) is 0 Å². The molecule has 0 saturated carbocycles. The number of benzene rings is 1. The average molecular weight is 235 g/mol. The number of hydrogen-bond acceptors (Lipinski definition) is 3. The van der Waals surface area contributed by atoms with Crippen molar-refractivity contribution in [2.75, 3.05) is 7.11 Å². The molecule has 2 aromatic rings. The lowest BCUT2D eigenvalue weighted by molar-refractivity contribution is 0.415. The molecule has 2 rings (SSSR count). The predicted molar refractivity (Wildman–Crippen MR) is 70.2 cm³/mol. The molecule has 1 heterocycles. The summed E-state index contributed by atoms with van der Waals surface area (Å²) in [6, 6.07) is 7.94. The van der Waals surface area contributed by atoms with E-state index in [4.69, 9.17) is 4.74 Å². The Kier molecular flexibility index (Phi) is 4.99. The van der Waals surface area contributed by atoms with Gasteiger partial charge in [-0.15, -0.1) is 11.3 Å². The Morgan fingerprint density at radius 3 is 2.19 bits per heavy atom. The number of aryl methyl sites for hydroxylation is 1. The molecule has 3 heteroatoms. The summed E-state index contributed by atoms with van der Waals surface area (Å²) in [6.07, 6.45) is 0. The lowest BCUT2D eigenvalue weighted by Gasteiger charge is -2.00. The van der Waals surface area contributed by atoms with Crippen LogP contribution in [0.5, 0.6) is 5.75 Å². The van der Waals surface area contributed by atoms with Crippen LogP contribution in [0.3, 0.4) is 0 Å². The van der Waals surface area contributed by atoms with E-state index in [9.17, 15) is 0 Å². The second kappa shape index (κ2) is 6.28. The minimum absolute atomic E-state index is 0.876. The van der Waals surface area contributed by atoms with E-state index in [1.807, 2.05) is 45.0 Å². The fourth-order valence-electron chi connectivity index (χ4n) is 1.26. The van der Waals surface area contributed by atoms with Crippen LogP contribution in [-0.4, -0.2) is 12.1 Å². The molecule has 0 atom stereocenters. The summed E-state index contributed by atoms with van der Waals surface area (Å²) >= 11 is 1.67. The van der Waals surface area contributed by atoms with Crippen molar-refractivity contribution in [2.24, 2.45) is 0 Å². The molecule has 0 aliphatic carbocycles. The van der Waals surface area contributed by atoms with Gasteiger partial charge in [-0.1, -0.05) is 13.8 Å². The highest BCUT2D eigenvalue weighted by molar-refractivity contribution is 7.09. The van der Waals surface area contributed by atoms with Crippen LogP contribution in [0.25, 0.3) is 11.3 Å². The van der Waals surface area contributed by atoms with Crippen molar-refractivity contribution in [3.05, 3.63) is 34.7 Å². The lowest BCUT2D eigenvalue weighted by atomic mass is 10.2. The topological polar surface area (TPSA) is 22.1 Å². The Labute approximate surface area is 101 Å². The molecule has 0 radical (unpaired) electrons. The van der Waals surface area contributed by atoms with Crippen molar-refractivity contribution in [3.63, 3.8) is 0 Å². The zero-order chi connectivity index (χ0) is 12.0. The van der Waals surface area contributed by atoms with Crippen molar-refractivity contribution >= 4 is 11.3 Å². The number of thiazole rings is 1. The van der Waals surface area contributed by atoms with Gasteiger partial charge in [-0.2, -0.15) is 0 Å². The van der Waals surface area contributed by atoms with Crippen LogP contribution in [0.1, 0.15) is 18.9 Å². The molecule has 0 aliphatic heterocycles.